The Labute approximate surface area is 108 Å². The molecule has 1 heteroatoms. The van der Waals surface area contributed by atoms with Crippen LogP contribution in [0.25, 0.3) is 0 Å². The first-order valence-electron chi connectivity index (χ1n) is 5.96. The van der Waals surface area contributed by atoms with Crippen LogP contribution in [0.15, 0.2) is 48.5 Å². The van der Waals surface area contributed by atoms with Crippen molar-refractivity contribution in [2.24, 2.45) is 0 Å². The van der Waals surface area contributed by atoms with Gasteiger partial charge in [-0.2, -0.15) is 0 Å². The van der Waals surface area contributed by atoms with Crippen LogP contribution in [0.5, 0.6) is 0 Å². The zero-order chi connectivity index (χ0) is 12.3. The standard InChI is InChI=1S/C16H17Cl/c1-12-3-7-15(8-4-12)13(2)11-14-5-9-16(17)10-6-14/h3-10,13H,11H2,1-2H3. The normalized spacial score (nSPS) is 12.4. The second-order valence-electron chi connectivity index (χ2n) is 4.64. The van der Waals surface area contributed by atoms with Gasteiger partial charge in [-0.15, -0.1) is 0 Å². The molecule has 0 radical (unpaired) electrons. The highest BCUT2D eigenvalue weighted by Gasteiger charge is 2.06. The summed E-state index contributed by atoms with van der Waals surface area (Å²) in [6.45, 7) is 4.38. The van der Waals surface area contributed by atoms with Gasteiger partial charge in [-0.1, -0.05) is 60.5 Å². The summed E-state index contributed by atoms with van der Waals surface area (Å²) in [5.41, 5.74) is 4.04. The van der Waals surface area contributed by atoms with Crippen molar-refractivity contribution in [1.29, 1.82) is 0 Å². The summed E-state index contributed by atoms with van der Waals surface area (Å²) in [4.78, 5) is 0. The van der Waals surface area contributed by atoms with Crippen molar-refractivity contribution in [3.8, 4) is 0 Å². The van der Waals surface area contributed by atoms with Gasteiger partial charge in [0.05, 0.1) is 0 Å². The lowest BCUT2D eigenvalue weighted by atomic mass is 9.93. The Bertz CT molecular complexity index is 468. The Morgan fingerprint density at radius 3 is 2.12 bits per heavy atom. The molecule has 1 unspecified atom stereocenters. The van der Waals surface area contributed by atoms with E-state index in [0.29, 0.717) is 5.92 Å². The summed E-state index contributed by atoms with van der Waals surface area (Å²) in [5.74, 6) is 0.539. The summed E-state index contributed by atoms with van der Waals surface area (Å²) in [6.07, 6.45) is 1.06. The average Bonchev–Trinajstić information content (AvgIpc) is 2.33. The van der Waals surface area contributed by atoms with E-state index in [0.717, 1.165) is 11.4 Å². The molecule has 0 aliphatic rings. The molecule has 0 heterocycles. The van der Waals surface area contributed by atoms with Crippen LogP contribution in [0, 0.1) is 6.92 Å². The fourth-order valence-corrected chi connectivity index (χ4v) is 2.11. The molecule has 0 aromatic heterocycles. The van der Waals surface area contributed by atoms with Crippen molar-refractivity contribution >= 4 is 11.6 Å². The lowest BCUT2D eigenvalue weighted by molar-refractivity contribution is 0.759. The van der Waals surface area contributed by atoms with E-state index in [9.17, 15) is 0 Å². The van der Waals surface area contributed by atoms with E-state index >= 15 is 0 Å². The molecule has 0 saturated carbocycles. The highest BCUT2D eigenvalue weighted by Crippen LogP contribution is 2.21. The number of halogens is 1. The molecule has 0 spiro atoms. The minimum absolute atomic E-state index is 0.539. The van der Waals surface area contributed by atoms with Crippen LogP contribution < -0.4 is 0 Å². The number of benzene rings is 2. The molecule has 2 aromatic carbocycles. The zero-order valence-corrected chi connectivity index (χ0v) is 11.0. The number of hydrogen-bond donors (Lipinski definition) is 0. The van der Waals surface area contributed by atoms with Crippen LogP contribution in [-0.2, 0) is 6.42 Å². The van der Waals surface area contributed by atoms with Crippen molar-refractivity contribution in [2.75, 3.05) is 0 Å². The first-order chi connectivity index (χ1) is 8.15. The second-order valence-corrected chi connectivity index (χ2v) is 5.08. The summed E-state index contributed by atoms with van der Waals surface area (Å²) in [6, 6.07) is 16.9. The van der Waals surface area contributed by atoms with Crippen molar-refractivity contribution in [1.82, 2.24) is 0 Å². The van der Waals surface area contributed by atoms with E-state index in [4.69, 9.17) is 11.6 Å². The first-order valence-corrected chi connectivity index (χ1v) is 6.34. The predicted octanol–water partition coefficient (Wildman–Crippen LogP) is 4.99. The maximum absolute atomic E-state index is 5.88. The zero-order valence-electron chi connectivity index (χ0n) is 10.3. The maximum Gasteiger partial charge on any atom is 0.0406 e. The number of hydrogen-bond acceptors (Lipinski definition) is 0. The molecule has 2 aromatic rings. The molecular weight excluding hydrogens is 228 g/mol. The average molecular weight is 245 g/mol. The lowest BCUT2D eigenvalue weighted by Gasteiger charge is -2.12. The monoisotopic (exact) mass is 244 g/mol. The molecule has 2 rings (SSSR count). The molecule has 0 saturated heterocycles. The van der Waals surface area contributed by atoms with E-state index < -0.39 is 0 Å². The van der Waals surface area contributed by atoms with Crippen LogP contribution in [0.3, 0.4) is 0 Å². The molecule has 0 aliphatic heterocycles. The predicted molar refractivity (Wildman–Crippen MR) is 74.8 cm³/mol. The summed E-state index contributed by atoms with van der Waals surface area (Å²) >= 11 is 5.88. The van der Waals surface area contributed by atoms with Crippen molar-refractivity contribution in [3.63, 3.8) is 0 Å². The van der Waals surface area contributed by atoms with Crippen LogP contribution in [-0.4, -0.2) is 0 Å². The smallest absolute Gasteiger partial charge is 0.0406 e. The minimum atomic E-state index is 0.539. The van der Waals surface area contributed by atoms with Gasteiger partial charge in [0.25, 0.3) is 0 Å². The molecule has 0 amide bonds. The Kier molecular flexibility index (Phi) is 3.86. The SMILES string of the molecule is Cc1ccc(C(C)Cc2ccc(Cl)cc2)cc1. The maximum atomic E-state index is 5.88. The molecule has 17 heavy (non-hydrogen) atoms. The molecule has 88 valence electrons. The Balaban J connectivity index is 2.08. The Hall–Kier alpha value is -1.27. The molecular formula is C16H17Cl. The largest absolute Gasteiger partial charge is 0.0843 e. The molecule has 0 fully saturated rings. The quantitative estimate of drug-likeness (QED) is 0.713. The van der Waals surface area contributed by atoms with Crippen LogP contribution in [0.1, 0.15) is 29.5 Å². The molecule has 0 nitrogen and oxygen atoms in total. The van der Waals surface area contributed by atoms with E-state index in [2.05, 4.69) is 50.2 Å². The van der Waals surface area contributed by atoms with Gasteiger partial charge in [0.15, 0.2) is 0 Å². The third-order valence-electron chi connectivity index (χ3n) is 3.10. The first kappa shape index (κ1) is 12.2. The van der Waals surface area contributed by atoms with Crippen LogP contribution >= 0.6 is 11.6 Å². The third kappa shape index (κ3) is 3.34. The van der Waals surface area contributed by atoms with Gasteiger partial charge in [0, 0.05) is 5.02 Å². The number of aryl methyl sites for hydroxylation is 1. The van der Waals surface area contributed by atoms with Gasteiger partial charge in [0.1, 0.15) is 0 Å². The van der Waals surface area contributed by atoms with Gasteiger partial charge in [0.2, 0.25) is 0 Å². The highest BCUT2D eigenvalue weighted by atomic mass is 35.5. The minimum Gasteiger partial charge on any atom is -0.0843 e. The lowest BCUT2D eigenvalue weighted by Crippen LogP contribution is -1.98. The third-order valence-corrected chi connectivity index (χ3v) is 3.35. The van der Waals surface area contributed by atoms with Gasteiger partial charge in [-0.05, 0) is 42.5 Å². The summed E-state index contributed by atoms with van der Waals surface area (Å²) < 4.78 is 0. The fourth-order valence-electron chi connectivity index (χ4n) is 1.99. The van der Waals surface area contributed by atoms with E-state index in [-0.39, 0.29) is 0 Å². The summed E-state index contributed by atoms with van der Waals surface area (Å²) in [5, 5.41) is 0.803. The van der Waals surface area contributed by atoms with Crippen molar-refractivity contribution in [3.05, 3.63) is 70.2 Å². The highest BCUT2D eigenvalue weighted by molar-refractivity contribution is 6.30. The van der Waals surface area contributed by atoms with Crippen LogP contribution in [0.4, 0.5) is 0 Å². The van der Waals surface area contributed by atoms with Crippen molar-refractivity contribution < 1.29 is 0 Å². The van der Waals surface area contributed by atoms with E-state index in [1.165, 1.54) is 16.7 Å². The molecule has 0 bridgehead atoms. The fraction of sp³-hybridized carbons (Fsp3) is 0.250. The molecule has 0 N–H and O–H groups in total. The molecule has 1 atom stereocenters. The van der Waals surface area contributed by atoms with E-state index in [1.54, 1.807) is 0 Å². The van der Waals surface area contributed by atoms with Crippen molar-refractivity contribution in [2.45, 2.75) is 26.2 Å². The van der Waals surface area contributed by atoms with E-state index in [1.807, 2.05) is 12.1 Å². The number of rotatable bonds is 3. The van der Waals surface area contributed by atoms with Gasteiger partial charge < -0.3 is 0 Å². The topological polar surface area (TPSA) is 0 Å². The van der Waals surface area contributed by atoms with Gasteiger partial charge >= 0.3 is 0 Å². The summed E-state index contributed by atoms with van der Waals surface area (Å²) in [7, 11) is 0. The van der Waals surface area contributed by atoms with Gasteiger partial charge in [-0.3, -0.25) is 0 Å². The second kappa shape index (κ2) is 5.37. The van der Waals surface area contributed by atoms with Crippen LogP contribution in [0.2, 0.25) is 5.02 Å². The molecule has 0 aliphatic carbocycles. The Morgan fingerprint density at radius 2 is 1.53 bits per heavy atom. The van der Waals surface area contributed by atoms with Gasteiger partial charge in [-0.25, -0.2) is 0 Å². The Morgan fingerprint density at radius 1 is 0.941 bits per heavy atom.